The average molecular weight is 347 g/mol. The predicted molar refractivity (Wildman–Crippen MR) is 69.7 cm³/mol. The number of nitrogens with zero attached hydrogens (tertiary/aromatic N) is 1. The van der Waals surface area contributed by atoms with Crippen LogP contribution in [0.5, 0.6) is 0 Å². The van der Waals surface area contributed by atoms with Gasteiger partial charge in [-0.2, -0.15) is 18.4 Å². The molecule has 0 bridgehead atoms. The van der Waals surface area contributed by atoms with E-state index in [1.807, 2.05) is 6.07 Å². The van der Waals surface area contributed by atoms with E-state index in [9.17, 15) is 18.0 Å². The molecule has 0 radical (unpaired) electrons. The van der Waals surface area contributed by atoms with Crippen LogP contribution in [0.1, 0.15) is 24.8 Å². The molecule has 0 aliphatic heterocycles. The third-order valence-electron chi connectivity index (χ3n) is 3.40. The van der Waals surface area contributed by atoms with Crippen LogP contribution >= 0.6 is 15.9 Å². The van der Waals surface area contributed by atoms with Crippen molar-refractivity contribution in [3.05, 3.63) is 28.2 Å². The molecule has 3 nitrogen and oxygen atoms in total. The molecule has 106 valence electrons. The minimum atomic E-state index is -4.48. The molecule has 7 heteroatoms. The Kier molecular flexibility index (Phi) is 3.78. The average Bonchev–Trinajstić information content (AvgIpc) is 2.29. The number of carbonyl (C=O) groups excluding carboxylic acids is 1. The van der Waals surface area contributed by atoms with Crippen LogP contribution in [0.4, 0.5) is 18.9 Å². The predicted octanol–water partition coefficient (Wildman–Crippen LogP) is 4.10. The lowest BCUT2D eigenvalue weighted by Gasteiger charge is -2.33. The molecule has 1 saturated carbocycles. The van der Waals surface area contributed by atoms with Gasteiger partial charge in [0.2, 0.25) is 5.91 Å². The number of amides is 1. The topological polar surface area (TPSA) is 52.9 Å². The summed E-state index contributed by atoms with van der Waals surface area (Å²) in [6.07, 6.45) is -2.84. The fraction of sp³-hybridized carbons (Fsp3) is 0.385. The van der Waals surface area contributed by atoms with Gasteiger partial charge in [-0.15, -0.1) is 0 Å². The van der Waals surface area contributed by atoms with Crippen molar-refractivity contribution in [2.75, 3.05) is 5.32 Å². The Hall–Kier alpha value is -1.55. The zero-order valence-electron chi connectivity index (χ0n) is 10.2. The van der Waals surface area contributed by atoms with Crippen LogP contribution in [0, 0.1) is 16.7 Å². The van der Waals surface area contributed by atoms with Gasteiger partial charge in [0.15, 0.2) is 0 Å². The largest absolute Gasteiger partial charge is 0.416 e. The molecule has 0 heterocycles. The highest BCUT2D eigenvalue weighted by atomic mass is 79.9. The molecule has 1 amide bonds. The van der Waals surface area contributed by atoms with Gasteiger partial charge in [0, 0.05) is 4.47 Å². The molecule has 1 aromatic carbocycles. The molecule has 1 N–H and O–H groups in total. The molecular weight excluding hydrogens is 337 g/mol. The van der Waals surface area contributed by atoms with Gasteiger partial charge in [0.05, 0.1) is 17.3 Å². The number of rotatable bonds is 2. The van der Waals surface area contributed by atoms with Crippen LogP contribution in [0.2, 0.25) is 0 Å². The van der Waals surface area contributed by atoms with E-state index >= 15 is 0 Å². The fourth-order valence-corrected chi connectivity index (χ4v) is 2.31. The first-order valence-corrected chi connectivity index (χ1v) is 6.67. The van der Waals surface area contributed by atoms with Gasteiger partial charge >= 0.3 is 6.18 Å². The lowest BCUT2D eigenvalue weighted by Crippen LogP contribution is -2.40. The molecule has 1 fully saturated rings. The summed E-state index contributed by atoms with van der Waals surface area (Å²) in [6.45, 7) is 0. The molecule has 20 heavy (non-hydrogen) atoms. The molecule has 0 unspecified atom stereocenters. The highest BCUT2D eigenvalue weighted by molar-refractivity contribution is 9.10. The summed E-state index contributed by atoms with van der Waals surface area (Å²) in [4.78, 5) is 12.0. The molecule has 0 atom stereocenters. The van der Waals surface area contributed by atoms with Crippen molar-refractivity contribution < 1.29 is 18.0 Å². The van der Waals surface area contributed by atoms with Crippen molar-refractivity contribution in [1.82, 2.24) is 0 Å². The Morgan fingerprint density at radius 3 is 2.50 bits per heavy atom. The fourth-order valence-electron chi connectivity index (χ4n) is 1.96. The number of nitrogens with one attached hydrogen (secondary N) is 1. The third-order valence-corrected chi connectivity index (χ3v) is 4.09. The van der Waals surface area contributed by atoms with Crippen LogP contribution in [-0.4, -0.2) is 5.91 Å². The third kappa shape index (κ3) is 2.66. The van der Waals surface area contributed by atoms with Crippen molar-refractivity contribution >= 4 is 27.5 Å². The zero-order valence-corrected chi connectivity index (χ0v) is 11.8. The van der Waals surface area contributed by atoms with Crippen molar-refractivity contribution in [1.29, 1.82) is 5.26 Å². The van der Waals surface area contributed by atoms with E-state index in [1.54, 1.807) is 0 Å². The van der Waals surface area contributed by atoms with E-state index in [2.05, 4.69) is 21.2 Å². The van der Waals surface area contributed by atoms with Gasteiger partial charge in [0.1, 0.15) is 5.41 Å². The molecule has 0 aromatic heterocycles. The normalized spacial score (nSPS) is 16.9. The maximum absolute atomic E-state index is 12.6. The summed E-state index contributed by atoms with van der Waals surface area (Å²) in [5, 5.41) is 11.4. The number of anilines is 1. The summed E-state index contributed by atoms with van der Waals surface area (Å²) < 4.78 is 38.2. The van der Waals surface area contributed by atoms with Gasteiger partial charge in [-0.3, -0.25) is 4.79 Å². The number of benzene rings is 1. The molecule has 1 aliphatic rings. The maximum atomic E-state index is 12.6. The lowest BCUT2D eigenvalue weighted by molar-refractivity contribution is -0.137. The van der Waals surface area contributed by atoms with Gasteiger partial charge in [-0.25, -0.2) is 0 Å². The smallest absolute Gasteiger partial charge is 0.324 e. The second-order valence-corrected chi connectivity index (χ2v) is 5.55. The lowest BCUT2D eigenvalue weighted by atomic mass is 9.69. The Morgan fingerprint density at radius 2 is 2.05 bits per heavy atom. The molecule has 1 aromatic rings. The van der Waals surface area contributed by atoms with E-state index in [-0.39, 0.29) is 5.69 Å². The highest BCUT2D eigenvalue weighted by Gasteiger charge is 2.45. The van der Waals surface area contributed by atoms with Crippen LogP contribution in [0.25, 0.3) is 0 Å². The van der Waals surface area contributed by atoms with Crippen molar-refractivity contribution in [3.63, 3.8) is 0 Å². The van der Waals surface area contributed by atoms with E-state index in [0.717, 1.165) is 18.6 Å². The van der Waals surface area contributed by atoms with E-state index in [4.69, 9.17) is 5.26 Å². The SMILES string of the molecule is N#CC1(C(=O)Nc2cc(C(F)(F)F)ccc2Br)CCC1. The molecule has 0 saturated heterocycles. The quantitative estimate of drug-likeness (QED) is 0.876. The van der Waals surface area contributed by atoms with Crippen LogP contribution in [0.3, 0.4) is 0 Å². The van der Waals surface area contributed by atoms with E-state index in [1.165, 1.54) is 6.07 Å². The van der Waals surface area contributed by atoms with Crippen molar-refractivity contribution in [3.8, 4) is 6.07 Å². The number of hydrogen-bond acceptors (Lipinski definition) is 2. The summed E-state index contributed by atoms with van der Waals surface area (Å²) in [5.74, 6) is -0.550. The minimum absolute atomic E-state index is 0.0198. The summed E-state index contributed by atoms with van der Waals surface area (Å²) in [6, 6.07) is 4.94. The molecular formula is C13H10BrF3N2O. The zero-order chi connectivity index (χ0) is 15.0. The van der Waals surface area contributed by atoms with Crippen LogP contribution in [0.15, 0.2) is 22.7 Å². The summed E-state index contributed by atoms with van der Waals surface area (Å²) >= 11 is 3.09. The second-order valence-electron chi connectivity index (χ2n) is 4.69. The molecule has 1 aliphatic carbocycles. The second kappa shape index (κ2) is 5.09. The summed E-state index contributed by atoms with van der Waals surface area (Å²) in [5.41, 5.74) is -1.94. The number of hydrogen-bond donors (Lipinski definition) is 1. The van der Waals surface area contributed by atoms with Crippen molar-refractivity contribution in [2.45, 2.75) is 25.4 Å². The number of carbonyl (C=O) groups is 1. The molecule has 2 rings (SSSR count). The standard InChI is InChI=1S/C13H10BrF3N2O/c14-9-3-2-8(13(15,16)17)6-10(9)19-11(20)12(7-18)4-1-5-12/h2-3,6H,1,4-5H2,(H,19,20). The monoisotopic (exact) mass is 346 g/mol. The van der Waals surface area contributed by atoms with E-state index < -0.39 is 23.1 Å². The van der Waals surface area contributed by atoms with Gasteiger partial charge in [-0.05, 0) is 53.4 Å². The number of alkyl halides is 3. The first kappa shape index (κ1) is 14.9. The highest BCUT2D eigenvalue weighted by Crippen LogP contribution is 2.42. The van der Waals surface area contributed by atoms with Crippen molar-refractivity contribution in [2.24, 2.45) is 5.41 Å². The van der Waals surface area contributed by atoms with Gasteiger partial charge in [-0.1, -0.05) is 0 Å². The first-order valence-electron chi connectivity index (χ1n) is 5.88. The Morgan fingerprint density at radius 1 is 1.40 bits per heavy atom. The molecule has 0 spiro atoms. The van der Waals surface area contributed by atoms with E-state index in [0.29, 0.717) is 17.3 Å². The number of nitriles is 1. The Bertz CT molecular complexity index is 588. The van der Waals surface area contributed by atoms with Gasteiger partial charge in [0.25, 0.3) is 0 Å². The minimum Gasteiger partial charge on any atom is -0.324 e. The number of halogens is 4. The Balaban J connectivity index is 2.26. The van der Waals surface area contributed by atoms with Crippen LogP contribution < -0.4 is 5.32 Å². The maximum Gasteiger partial charge on any atom is 0.416 e. The first-order chi connectivity index (χ1) is 9.28. The van der Waals surface area contributed by atoms with Gasteiger partial charge < -0.3 is 5.32 Å². The summed E-state index contributed by atoms with van der Waals surface area (Å²) in [7, 11) is 0. The van der Waals surface area contributed by atoms with Crippen LogP contribution in [-0.2, 0) is 11.0 Å². The Labute approximate surface area is 121 Å².